The summed E-state index contributed by atoms with van der Waals surface area (Å²) in [6.07, 6.45) is 3.92. The van der Waals surface area contributed by atoms with E-state index in [0.29, 0.717) is 27.1 Å². The van der Waals surface area contributed by atoms with Crippen LogP contribution in [0.2, 0.25) is 0 Å². The van der Waals surface area contributed by atoms with Crippen molar-refractivity contribution in [3.63, 3.8) is 0 Å². The van der Waals surface area contributed by atoms with Gasteiger partial charge in [-0.05, 0) is 55.7 Å². The van der Waals surface area contributed by atoms with Crippen molar-refractivity contribution in [1.29, 1.82) is 0 Å². The number of anilines is 1. The van der Waals surface area contributed by atoms with Crippen LogP contribution in [0.1, 0.15) is 67.2 Å². The summed E-state index contributed by atoms with van der Waals surface area (Å²) in [6.45, 7) is 2.09. The van der Waals surface area contributed by atoms with Gasteiger partial charge in [-0.1, -0.05) is 36.0 Å². The minimum Gasteiger partial charge on any atom is -0.462 e. The first-order valence-corrected chi connectivity index (χ1v) is 15.2. The number of nitrogens with zero attached hydrogens (tertiary/aromatic N) is 3. The quantitative estimate of drug-likeness (QED) is 0.164. The Bertz CT molecular complexity index is 1640. The van der Waals surface area contributed by atoms with Gasteiger partial charge in [0.1, 0.15) is 5.00 Å². The average Bonchev–Trinajstić information content (AvgIpc) is 3.58. The Morgan fingerprint density at radius 1 is 1.07 bits per heavy atom. The van der Waals surface area contributed by atoms with Crippen molar-refractivity contribution in [1.82, 2.24) is 15.1 Å². The summed E-state index contributed by atoms with van der Waals surface area (Å²) in [7, 11) is 0. The lowest BCUT2D eigenvalue weighted by Crippen LogP contribution is -2.41. The number of thiophene rings is 1. The highest BCUT2D eigenvalue weighted by Crippen LogP contribution is 2.39. The topological polar surface area (TPSA) is 132 Å². The van der Waals surface area contributed by atoms with Gasteiger partial charge in [-0.2, -0.15) is 0 Å². The second-order valence-electron chi connectivity index (χ2n) is 9.66. The number of benzene rings is 2. The van der Waals surface area contributed by atoms with Crippen LogP contribution in [-0.2, 0) is 28.8 Å². The number of carbonyl (C=O) groups is 4. The van der Waals surface area contributed by atoms with Crippen LogP contribution in [0.15, 0.2) is 46.0 Å². The Balaban J connectivity index is 1.07. The molecule has 12 heteroatoms. The summed E-state index contributed by atoms with van der Waals surface area (Å²) in [6, 6.07) is 10.8. The molecule has 0 atom stereocenters. The summed E-state index contributed by atoms with van der Waals surface area (Å²) in [5.41, 5.74) is 2.42. The second kappa shape index (κ2) is 11.5. The molecule has 1 aliphatic carbocycles. The normalized spacial score (nSPS) is 14.3. The zero-order valence-corrected chi connectivity index (χ0v) is 23.9. The van der Waals surface area contributed by atoms with E-state index in [1.807, 2.05) is 12.1 Å². The molecule has 6 rings (SSSR count). The lowest BCUT2D eigenvalue weighted by atomic mass is 9.94. The van der Waals surface area contributed by atoms with E-state index in [1.165, 1.54) is 16.2 Å². The lowest BCUT2D eigenvalue weighted by molar-refractivity contribution is -0.113. The third kappa shape index (κ3) is 5.24. The van der Waals surface area contributed by atoms with E-state index in [1.54, 1.807) is 31.2 Å². The molecule has 3 amide bonds. The first-order valence-electron chi connectivity index (χ1n) is 13.4. The van der Waals surface area contributed by atoms with Crippen LogP contribution in [0.3, 0.4) is 0 Å². The molecule has 2 aliphatic rings. The van der Waals surface area contributed by atoms with E-state index in [9.17, 15) is 19.2 Å². The number of imide groups is 1. The number of hydrogen-bond acceptors (Lipinski definition) is 10. The summed E-state index contributed by atoms with van der Waals surface area (Å²) < 4.78 is 10.9. The molecule has 0 bridgehead atoms. The first kappa shape index (κ1) is 27.2. The fraction of sp³-hybridized carbons (Fsp3) is 0.310. The van der Waals surface area contributed by atoms with Crippen LogP contribution in [0.5, 0.6) is 0 Å². The fourth-order valence-electron chi connectivity index (χ4n) is 5.25. The van der Waals surface area contributed by atoms with E-state index in [4.69, 9.17) is 9.15 Å². The van der Waals surface area contributed by atoms with E-state index in [-0.39, 0.29) is 54.2 Å². The molecule has 1 N–H and O–H groups in total. The number of esters is 1. The maximum atomic E-state index is 13.1. The van der Waals surface area contributed by atoms with Crippen molar-refractivity contribution in [3.8, 4) is 0 Å². The highest BCUT2D eigenvalue weighted by Gasteiger charge is 2.33. The molecule has 10 nitrogen and oxygen atoms in total. The van der Waals surface area contributed by atoms with Crippen LogP contribution >= 0.6 is 23.1 Å². The number of fused-ring (bicyclic) bond motifs is 1. The predicted molar refractivity (Wildman–Crippen MR) is 154 cm³/mol. The molecule has 0 fully saturated rings. The monoisotopic (exact) mass is 590 g/mol. The van der Waals surface area contributed by atoms with E-state index in [0.717, 1.165) is 53.3 Å². The van der Waals surface area contributed by atoms with Gasteiger partial charge in [0.25, 0.3) is 17.0 Å². The molecular weight excluding hydrogens is 564 g/mol. The van der Waals surface area contributed by atoms with Crippen molar-refractivity contribution < 1.29 is 28.3 Å². The van der Waals surface area contributed by atoms with Crippen LogP contribution in [0.25, 0.3) is 10.8 Å². The van der Waals surface area contributed by atoms with Gasteiger partial charge in [0.05, 0.1) is 17.9 Å². The highest BCUT2D eigenvalue weighted by molar-refractivity contribution is 7.99. The number of aryl methyl sites for hydroxylation is 1. The maximum Gasteiger partial charge on any atom is 0.341 e. The van der Waals surface area contributed by atoms with E-state index >= 15 is 0 Å². The number of nitrogens with one attached hydrogen (secondary N) is 1. The molecule has 3 heterocycles. The van der Waals surface area contributed by atoms with Gasteiger partial charge in [-0.25, -0.2) is 4.79 Å². The molecule has 0 radical (unpaired) electrons. The molecule has 4 aromatic rings. The van der Waals surface area contributed by atoms with E-state index in [2.05, 4.69) is 15.5 Å². The Morgan fingerprint density at radius 3 is 2.54 bits per heavy atom. The molecule has 2 aromatic heterocycles. The van der Waals surface area contributed by atoms with Crippen LogP contribution in [0.4, 0.5) is 5.00 Å². The van der Waals surface area contributed by atoms with Gasteiger partial charge in [0.15, 0.2) is 0 Å². The number of aromatic nitrogens is 2. The fourth-order valence-corrected chi connectivity index (χ4v) is 7.13. The molecule has 0 saturated carbocycles. The number of amides is 3. The van der Waals surface area contributed by atoms with E-state index < -0.39 is 5.97 Å². The SMILES string of the molecule is CCOC(=O)c1c(NC(=O)CSc2nnc(CCN3C(=O)c4cccc5cccc(c45)C3=O)o2)sc2c1CCCC2. The zero-order valence-electron chi connectivity index (χ0n) is 22.2. The van der Waals surface area contributed by atoms with Gasteiger partial charge >= 0.3 is 5.97 Å². The molecule has 0 spiro atoms. The summed E-state index contributed by atoms with van der Waals surface area (Å²) in [5.74, 6) is -1.19. The maximum absolute atomic E-state index is 13.1. The Hall–Kier alpha value is -4.03. The lowest BCUT2D eigenvalue weighted by Gasteiger charge is -2.26. The van der Waals surface area contributed by atoms with Crippen LogP contribution in [-0.4, -0.2) is 57.7 Å². The molecule has 1 aliphatic heterocycles. The molecule has 0 unspecified atom stereocenters. The molecule has 210 valence electrons. The number of thioether (sulfide) groups is 1. The molecule has 0 saturated heterocycles. The van der Waals surface area contributed by atoms with Gasteiger partial charge in [-0.15, -0.1) is 21.5 Å². The van der Waals surface area contributed by atoms with Crippen molar-refractivity contribution in [2.24, 2.45) is 0 Å². The Morgan fingerprint density at radius 2 is 1.80 bits per heavy atom. The number of carbonyl (C=O) groups excluding carboxylic acids is 4. The first-order chi connectivity index (χ1) is 19.9. The summed E-state index contributed by atoms with van der Waals surface area (Å²) in [4.78, 5) is 53.9. The number of rotatable bonds is 9. The second-order valence-corrected chi connectivity index (χ2v) is 11.7. The summed E-state index contributed by atoms with van der Waals surface area (Å²) >= 11 is 2.50. The molecule has 41 heavy (non-hydrogen) atoms. The van der Waals surface area contributed by atoms with Gasteiger partial charge < -0.3 is 14.5 Å². The number of hydrogen-bond donors (Lipinski definition) is 1. The smallest absolute Gasteiger partial charge is 0.341 e. The van der Waals surface area contributed by atoms with Gasteiger partial charge in [-0.3, -0.25) is 19.3 Å². The molecular formula is C29H26N4O6S2. The number of ether oxygens (including phenoxy) is 1. The summed E-state index contributed by atoms with van der Waals surface area (Å²) in [5, 5.41) is 13.1. The minimum absolute atomic E-state index is 0.00362. The highest BCUT2D eigenvalue weighted by atomic mass is 32.2. The van der Waals surface area contributed by atoms with Crippen molar-refractivity contribution in [3.05, 3.63) is 69.4 Å². The van der Waals surface area contributed by atoms with Crippen molar-refractivity contribution in [2.75, 3.05) is 24.2 Å². The standard InChI is InChI=1S/C29H26N4O6S2/c1-2-38-28(37)24-17-9-3-4-12-20(17)41-25(24)30-21(34)15-40-29-32-31-22(39-29)13-14-33-26(35)18-10-5-7-16-8-6-11-19(23(16)18)27(33)36/h5-8,10-11H,2-4,9,12-15H2,1H3,(H,30,34). The Kier molecular flexibility index (Phi) is 7.59. The van der Waals surface area contributed by atoms with Crippen molar-refractivity contribution >= 4 is 62.6 Å². The third-order valence-electron chi connectivity index (χ3n) is 7.08. The van der Waals surface area contributed by atoms with Crippen LogP contribution < -0.4 is 5.32 Å². The third-order valence-corrected chi connectivity index (χ3v) is 9.11. The largest absolute Gasteiger partial charge is 0.462 e. The predicted octanol–water partition coefficient (Wildman–Crippen LogP) is 4.91. The Labute approximate surface area is 243 Å². The minimum atomic E-state index is -0.415. The van der Waals surface area contributed by atoms with Gasteiger partial charge in [0.2, 0.25) is 11.8 Å². The van der Waals surface area contributed by atoms with Gasteiger partial charge in [0, 0.05) is 34.4 Å². The zero-order chi connectivity index (χ0) is 28.5. The molecule has 2 aromatic carbocycles. The average molecular weight is 591 g/mol. The van der Waals surface area contributed by atoms with Crippen molar-refractivity contribution in [2.45, 2.75) is 44.3 Å². The van der Waals surface area contributed by atoms with Crippen LogP contribution in [0, 0.1) is 0 Å².